The average molecular weight is 279 g/mol. The molecule has 0 fully saturated rings. The molecule has 0 saturated heterocycles. The van der Waals surface area contributed by atoms with Crippen LogP contribution < -0.4 is 10.6 Å². The van der Waals surface area contributed by atoms with Gasteiger partial charge in [-0.2, -0.15) is 0 Å². The van der Waals surface area contributed by atoms with Gasteiger partial charge in [-0.25, -0.2) is 0 Å². The number of nitrogens with two attached hydrogens (primary N) is 1. The van der Waals surface area contributed by atoms with Crippen molar-refractivity contribution in [3.8, 4) is 11.8 Å². The van der Waals surface area contributed by atoms with E-state index in [-0.39, 0.29) is 12.5 Å². The smallest absolute Gasteiger partial charge is 0.259 e. The van der Waals surface area contributed by atoms with E-state index in [0.717, 1.165) is 11.3 Å². The monoisotopic (exact) mass is 279 g/mol. The first kappa shape index (κ1) is 14.8. The number of benzene rings is 1. The molecule has 0 saturated carbocycles. The lowest BCUT2D eigenvalue weighted by molar-refractivity contribution is 0.0992. The predicted octanol–water partition coefficient (Wildman–Crippen LogP) is 1.98. The Kier molecular flexibility index (Phi) is 4.70. The summed E-state index contributed by atoms with van der Waals surface area (Å²) in [6.07, 6.45) is 3.32. The summed E-state index contributed by atoms with van der Waals surface area (Å²) in [4.78, 5) is 18.2. The minimum Gasteiger partial charge on any atom is -0.320 e. The summed E-state index contributed by atoms with van der Waals surface area (Å²) in [5, 5.41) is 0. The molecule has 0 spiro atoms. The molecule has 0 atom stereocenters. The SMILES string of the molecule is Cc1ccc(C(=O)N(C)c2cccnc2)c(C#CCN)c1. The van der Waals surface area contributed by atoms with Gasteiger partial charge in [-0.3, -0.25) is 9.78 Å². The molecule has 0 aliphatic heterocycles. The predicted molar refractivity (Wildman–Crippen MR) is 84.1 cm³/mol. The lowest BCUT2D eigenvalue weighted by atomic mass is 10.0. The summed E-state index contributed by atoms with van der Waals surface area (Å²) in [5.74, 6) is 5.64. The minimum absolute atomic E-state index is 0.121. The second kappa shape index (κ2) is 6.69. The van der Waals surface area contributed by atoms with Crippen LogP contribution in [0.15, 0.2) is 42.7 Å². The van der Waals surface area contributed by atoms with Gasteiger partial charge < -0.3 is 10.6 Å². The highest BCUT2D eigenvalue weighted by atomic mass is 16.2. The second-order valence-corrected chi connectivity index (χ2v) is 4.63. The third-order valence-corrected chi connectivity index (χ3v) is 3.07. The number of rotatable bonds is 2. The van der Waals surface area contributed by atoms with E-state index in [2.05, 4.69) is 16.8 Å². The van der Waals surface area contributed by atoms with E-state index in [0.29, 0.717) is 11.1 Å². The van der Waals surface area contributed by atoms with Crippen LogP contribution in [0.4, 0.5) is 5.69 Å². The first-order valence-electron chi connectivity index (χ1n) is 6.61. The van der Waals surface area contributed by atoms with Crippen LogP contribution in [0.25, 0.3) is 0 Å². The Hall–Kier alpha value is -2.64. The van der Waals surface area contributed by atoms with Crippen molar-refractivity contribution in [1.29, 1.82) is 0 Å². The highest BCUT2D eigenvalue weighted by Crippen LogP contribution is 2.17. The first-order valence-corrected chi connectivity index (χ1v) is 6.61. The van der Waals surface area contributed by atoms with Crippen LogP contribution in [0.3, 0.4) is 0 Å². The summed E-state index contributed by atoms with van der Waals surface area (Å²) >= 11 is 0. The van der Waals surface area contributed by atoms with E-state index in [1.54, 1.807) is 36.5 Å². The van der Waals surface area contributed by atoms with Gasteiger partial charge in [0.2, 0.25) is 0 Å². The largest absolute Gasteiger partial charge is 0.320 e. The van der Waals surface area contributed by atoms with Crippen molar-refractivity contribution in [2.45, 2.75) is 6.92 Å². The maximum atomic E-state index is 12.6. The van der Waals surface area contributed by atoms with Crippen molar-refractivity contribution in [2.24, 2.45) is 5.73 Å². The van der Waals surface area contributed by atoms with E-state index in [4.69, 9.17) is 5.73 Å². The van der Waals surface area contributed by atoms with Gasteiger partial charge in [-0.1, -0.05) is 17.9 Å². The van der Waals surface area contributed by atoms with E-state index < -0.39 is 0 Å². The molecule has 21 heavy (non-hydrogen) atoms. The van der Waals surface area contributed by atoms with Crippen LogP contribution in [-0.2, 0) is 0 Å². The molecule has 1 amide bonds. The molecule has 4 nitrogen and oxygen atoms in total. The molecule has 0 aliphatic carbocycles. The highest BCUT2D eigenvalue weighted by molar-refractivity contribution is 6.07. The number of aromatic nitrogens is 1. The summed E-state index contributed by atoms with van der Waals surface area (Å²) in [6.45, 7) is 2.23. The number of amides is 1. The Morgan fingerprint density at radius 1 is 1.38 bits per heavy atom. The van der Waals surface area contributed by atoms with Crippen molar-refractivity contribution < 1.29 is 4.79 Å². The summed E-state index contributed by atoms with van der Waals surface area (Å²) in [6, 6.07) is 9.23. The number of carbonyl (C=O) groups excluding carboxylic acids is 1. The molecule has 2 rings (SSSR count). The molecule has 1 aromatic carbocycles. The van der Waals surface area contributed by atoms with Crippen LogP contribution in [0.2, 0.25) is 0 Å². The number of nitrogens with zero attached hydrogens (tertiary/aromatic N) is 2. The summed E-state index contributed by atoms with van der Waals surface area (Å²) < 4.78 is 0. The van der Waals surface area contributed by atoms with Crippen molar-refractivity contribution in [3.05, 3.63) is 59.4 Å². The zero-order chi connectivity index (χ0) is 15.2. The summed E-state index contributed by atoms with van der Waals surface area (Å²) in [7, 11) is 1.72. The molecule has 106 valence electrons. The molecule has 0 radical (unpaired) electrons. The van der Waals surface area contributed by atoms with Gasteiger partial charge in [0.1, 0.15) is 0 Å². The molecule has 0 bridgehead atoms. The van der Waals surface area contributed by atoms with Crippen molar-refractivity contribution in [1.82, 2.24) is 4.98 Å². The zero-order valence-electron chi connectivity index (χ0n) is 12.1. The third-order valence-electron chi connectivity index (χ3n) is 3.07. The van der Waals surface area contributed by atoms with Crippen LogP contribution in [-0.4, -0.2) is 24.5 Å². The third kappa shape index (κ3) is 3.47. The lowest BCUT2D eigenvalue weighted by Crippen LogP contribution is -2.27. The number of hydrogen-bond acceptors (Lipinski definition) is 3. The molecule has 1 aromatic heterocycles. The fraction of sp³-hybridized carbons (Fsp3) is 0.176. The van der Waals surface area contributed by atoms with Crippen LogP contribution >= 0.6 is 0 Å². The molecule has 4 heteroatoms. The maximum Gasteiger partial charge on any atom is 0.259 e. The van der Waals surface area contributed by atoms with Crippen molar-refractivity contribution >= 4 is 11.6 Å². The number of anilines is 1. The fourth-order valence-corrected chi connectivity index (χ4v) is 1.94. The Morgan fingerprint density at radius 3 is 2.86 bits per heavy atom. The van der Waals surface area contributed by atoms with Gasteiger partial charge in [0.15, 0.2) is 0 Å². The van der Waals surface area contributed by atoms with E-state index in [1.807, 2.05) is 25.1 Å². The minimum atomic E-state index is -0.121. The second-order valence-electron chi connectivity index (χ2n) is 4.63. The fourth-order valence-electron chi connectivity index (χ4n) is 1.94. The van der Waals surface area contributed by atoms with Crippen LogP contribution in [0, 0.1) is 18.8 Å². The molecule has 2 N–H and O–H groups in total. The van der Waals surface area contributed by atoms with Gasteiger partial charge >= 0.3 is 0 Å². The topological polar surface area (TPSA) is 59.2 Å². The number of pyridine rings is 1. The van der Waals surface area contributed by atoms with Gasteiger partial charge in [0.05, 0.1) is 24.0 Å². The molecular weight excluding hydrogens is 262 g/mol. The molecular formula is C17H17N3O. The Morgan fingerprint density at radius 2 is 2.19 bits per heavy atom. The average Bonchev–Trinajstić information content (AvgIpc) is 2.52. The lowest BCUT2D eigenvalue weighted by Gasteiger charge is -2.18. The van der Waals surface area contributed by atoms with Crippen LogP contribution in [0.5, 0.6) is 0 Å². The Labute approximate surface area is 124 Å². The molecule has 2 aromatic rings. The zero-order valence-corrected chi connectivity index (χ0v) is 12.1. The van der Waals surface area contributed by atoms with Gasteiger partial charge in [0, 0.05) is 18.8 Å². The maximum absolute atomic E-state index is 12.6. The number of aryl methyl sites for hydroxylation is 1. The molecule has 1 heterocycles. The van der Waals surface area contributed by atoms with Gasteiger partial charge in [-0.15, -0.1) is 0 Å². The highest BCUT2D eigenvalue weighted by Gasteiger charge is 2.16. The van der Waals surface area contributed by atoms with Crippen LogP contribution in [0.1, 0.15) is 21.5 Å². The Bertz CT molecular complexity index is 699. The van der Waals surface area contributed by atoms with Gasteiger partial charge in [-0.05, 0) is 36.8 Å². The van der Waals surface area contributed by atoms with E-state index in [9.17, 15) is 4.79 Å². The van der Waals surface area contributed by atoms with Crippen molar-refractivity contribution in [2.75, 3.05) is 18.5 Å². The van der Waals surface area contributed by atoms with E-state index >= 15 is 0 Å². The standard InChI is InChI=1S/C17H17N3O/c1-13-7-8-16(14(11-13)5-3-9-18)17(21)20(2)15-6-4-10-19-12-15/h4,6-8,10-12H,9,18H2,1-2H3. The number of carbonyl (C=O) groups is 1. The van der Waals surface area contributed by atoms with Gasteiger partial charge in [0.25, 0.3) is 5.91 Å². The number of hydrogen-bond donors (Lipinski definition) is 1. The summed E-state index contributed by atoms with van der Waals surface area (Å²) in [5.41, 5.74) is 8.46. The van der Waals surface area contributed by atoms with Crippen molar-refractivity contribution in [3.63, 3.8) is 0 Å². The van der Waals surface area contributed by atoms with E-state index in [1.165, 1.54) is 0 Å². The molecule has 0 unspecified atom stereocenters. The normalized spacial score (nSPS) is 9.67. The Balaban J connectivity index is 2.39. The quantitative estimate of drug-likeness (QED) is 0.855. The molecule has 0 aliphatic rings. The first-order chi connectivity index (χ1) is 10.1.